The van der Waals surface area contributed by atoms with Crippen LogP contribution in [0.5, 0.6) is 0 Å². The lowest BCUT2D eigenvalue weighted by Gasteiger charge is -2.28. The average molecular weight is 367 g/mol. The number of halogens is 1. The van der Waals surface area contributed by atoms with Crippen molar-refractivity contribution < 1.29 is 9.18 Å². The number of amides is 2. The van der Waals surface area contributed by atoms with Crippen molar-refractivity contribution in [1.82, 2.24) is 20.4 Å². The summed E-state index contributed by atoms with van der Waals surface area (Å²) in [6.07, 6.45) is 4.01. The second kappa shape index (κ2) is 7.75. The Labute approximate surface area is 156 Å². The number of carbonyl (C=O) groups is 1. The number of rotatable bonds is 5. The van der Waals surface area contributed by atoms with Crippen molar-refractivity contribution >= 4 is 22.6 Å². The lowest BCUT2D eigenvalue weighted by Crippen LogP contribution is -2.38. The number of aromatic nitrogens is 2. The smallest absolute Gasteiger partial charge is 0.319 e. The molecule has 3 aromatic rings. The van der Waals surface area contributed by atoms with Gasteiger partial charge in [0.1, 0.15) is 5.82 Å². The number of benzene rings is 2. The van der Waals surface area contributed by atoms with Crippen LogP contribution >= 0.6 is 0 Å². The first-order valence-corrected chi connectivity index (χ1v) is 9.17. The molecule has 0 radical (unpaired) electrons. The molecule has 2 amide bonds. The van der Waals surface area contributed by atoms with Crippen molar-refractivity contribution in [2.45, 2.75) is 18.9 Å². The van der Waals surface area contributed by atoms with E-state index in [4.69, 9.17) is 0 Å². The number of likely N-dealkylation sites (tertiary alicyclic amines) is 1. The molecule has 0 bridgehead atoms. The predicted octanol–water partition coefficient (Wildman–Crippen LogP) is 3.66. The summed E-state index contributed by atoms with van der Waals surface area (Å²) in [6, 6.07) is 11.9. The number of nitrogens with zero attached hydrogens (tertiary/aromatic N) is 2. The van der Waals surface area contributed by atoms with Gasteiger partial charge in [-0.05, 0) is 49.7 Å². The lowest BCUT2D eigenvalue weighted by molar-refractivity contribution is 0.227. The minimum absolute atomic E-state index is 0.0294. The number of para-hydroxylation sites is 1. The average Bonchev–Trinajstić information content (AvgIpc) is 3.35. The van der Waals surface area contributed by atoms with E-state index in [1.54, 1.807) is 18.3 Å². The van der Waals surface area contributed by atoms with E-state index < -0.39 is 0 Å². The Balaban J connectivity index is 1.44. The largest absolute Gasteiger partial charge is 0.336 e. The van der Waals surface area contributed by atoms with Crippen molar-refractivity contribution in [1.29, 1.82) is 0 Å². The van der Waals surface area contributed by atoms with Gasteiger partial charge in [-0.1, -0.05) is 24.3 Å². The Hall–Kier alpha value is -2.93. The Morgan fingerprint density at radius 1 is 1.19 bits per heavy atom. The van der Waals surface area contributed by atoms with Gasteiger partial charge in [0.15, 0.2) is 0 Å². The van der Waals surface area contributed by atoms with Gasteiger partial charge in [0.2, 0.25) is 0 Å². The molecule has 7 heteroatoms. The molecule has 1 atom stereocenters. The zero-order valence-corrected chi connectivity index (χ0v) is 14.9. The molecule has 0 aliphatic carbocycles. The van der Waals surface area contributed by atoms with Crippen LogP contribution in [0.25, 0.3) is 10.9 Å². The fourth-order valence-electron chi connectivity index (χ4n) is 3.62. The molecule has 3 N–H and O–H groups in total. The molecule has 1 aliphatic rings. The Kier molecular flexibility index (Phi) is 5.02. The minimum Gasteiger partial charge on any atom is -0.336 e. The monoisotopic (exact) mass is 367 g/mol. The van der Waals surface area contributed by atoms with E-state index >= 15 is 0 Å². The molecule has 1 aromatic heterocycles. The highest BCUT2D eigenvalue weighted by atomic mass is 19.1. The number of anilines is 1. The summed E-state index contributed by atoms with van der Waals surface area (Å²) in [5.74, 6) is -0.253. The number of urea groups is 1. The van der Waals surface area contributed by atoms with Gasteiger partial charge in [-0.15, -0.1) is 0 Å². The molecule has 1 saturated heterocycles. The highest BCUT2D eigenvalue weighted by Gasteiger charge is 2.24. The summed E-state index contributed by atoms with van der Waals surface area (Å²) < 4.78 is 13.3. The van der Waals surface area contributed by atoms with Gasteiger partial charge in [-0.2, -0.15) is 5.10 Å². The summed E-state index contributed by atoms with van der Waals surface area (Å²) >= 11 is 0. The van der Waals surface area contributed by atoms with Crippen LogP contribution < -0.4 is 10.6 Å². The van der Waals surface area contributed by atoms with E-state index in [2.05, 4.69) is 25.7 Å². The first kappa shape index (κ1) is 17.5. The SMILES string of the molecule is O=C(NC[C@H](c1ccc(F)cc1)N1CCCC1)Nc1cccc2cn[nH]c12. The van der Waals surface area contributed by atoms with Crippen molar-refractivity contribution in [2.75, 3.05) is 25.0 Å². The van der Waals surface area contributed by atoms with Crippen LogP contribution in [0.15, 0.2) is 48.7 Å². The van der Waals surface area contributed by atoms with Gasteiger partial charge in [-0.3, -0.25) is 10.00 Å². The van der Waals surface area contributed by atoms with Crippen molar-refractivity contribution in [3.63, 3.8) is 0 Å². The molecule has 1 aliphatic heterocycles. The summed E-state index contributed by atoms with van der Waals surface area (Å²) in [5.41, 5.74) is 2.48. The third kappa shape index (κ3) is 3.93. The van der Waals surface area contributed by atoms with Crippen LogP contribution in [0.2, 0.25) is 0 Å². The van der Waals surface area contributed by atoms with Gasteiger partial charge < -0.3 is 10.6 Å². The summed E-state index contributed by atoms with van der Waals surface area (Å²) in [6.45, 7) is 2.42. The number of hydrogen-bond donors (Lipinski definition) is 3. The third-order valence-corrected chi connectivity index (χ3v) is 5.02. The third-order valence-electron chi connectivity index (χ3n) is 5.02. The molecule has 27 heavy (non-hydrogen) atoms. The molecule has 2 heterocycles. The van der Waals surface area contributed by atoms with E-state index in [1.807, 2.05) is 18.2 Å². The number of fused-ring (bicyclic) bond motifs is 1. The first-order valence-electron chi connectivity index (χ1n) is 9.17. The highest BCUT2D eigenvalue weighted by Crippen LogP contribution is 2.25. The van der Waals surface area contributed by atoms with E-state index in [1.165, 1.54) is 12.1 Å². The van der Waals surface area contributed by atoms with Gasteiger partial charge in [-0.25, -0.2) is 9.18 Å². The Bertz CT molecular complexity index is 918. The van der Waals surface area contributed by atoms with Crippen LogP contribution in [0.3, 0.4) is 0 Å². The zero-order valence-electron chi connectivity index (χ0n) is 14.9. The normalized spacial score (nSPS) is 15.7. The van der Waals surface area contributed by atoms with Gasteiger partial charge in [0.25, 0.3) is 0 Å². The molecule has 140 valence electrons. The molecule has 0 unspecified atom stereocenters. The first-order chi connectivity index (χ1) is 13.2. The maximum Gasteiger partial charge on any atom is 0.319 e. The van der Waals surface area contributed by atoms with Crippen LogP contribution in [0.1, 0.15) is 24.4 Å². The summed E-state index contributed by atoms with van der Waals surface area (Å²) in [4.78, 5) is 14.8. The van der Waals surface area contributed by atoms with Crippen LogP contribution in [0, 0.1) is 5.82 Å². The number of hydrogen-bond acceptors (Lipinski definition) is 3. The topological polar surface area (TPSA) is 73.1 Å². The molecule has 6 nitrogen and oxygen atoms in total. The van der Waals surface area contributed by atoms with Gasteiger partial charge >= 0.3 is 6.03 Å². The molecule has 2 aromatic carbocycles. The second-order valence-corrected chi connectivity index (χ2v) is 6.79. The van der Waals surface area contributed by atoms with E-state index in [-0.39, 0.29) is 17.9 Å². The van der Waals surface area contributed by atoms with E-state index in [9.17, 15) is 9.18 Å². The van der Waals surface area contributed by atoms with E-state index in [0.29, 0.717) is 12.2 Å². The fourth-order valence-corrected chi connectivity index (χ4v) is 3.62. The van der Waals surface area contributed by atoms with Gasteiger partial charge in [0.05, 0.1) is 23.4 Å². The molecular weight excluding hydrogens is 345 g/mol. The minimum atomic E-state index is -0.275. The van der Waals surface area contributed by atoms with Crippen molar-refractivity contribution in [2.24, 2.45) is 0 Å². The Morgan fingerprint density at radius 2 is 1.96 bits per heavy atom. The van der Waals surface area contributed by atoms with Gasteiger partial charge in [0, 0.05) is 11.9 Å². The van der Waals surface area contributed by atoms with Crippen LogP contribution in [-0.4, -0.2) is 40.8 Å². The van der Waals surface area contributed by atoms with Crippen molar-refractivity contribution in [3.8, 4) is 0 Å². The number of aromatic amines is 1. The molecule has 0 saturated carbocycles. The highest BCUT2D eigenvalue weighted by molar-refractivity contribution is 5.99. The molecule has 4 rings (SSSR count). The lowest BCUT2D eigenvalue weighted by atomic mass is 10.1. The maximum absolute atomic E-state index is 13.3. The standard InChI is InChI=1S/C20H22FN5O/c21-16-8-6-14(7-9-16)18(26-10-1-2-11-26)13-22-20(27)24-17-5-3-4-15-12-23-25-19(15)17/h3-9,12,18H,1-2,10-11,13H2,(H,23,25)(H2,22,24,27)/t18-/m1/s1. The van der Waals surface area contributed by atoms with Crippen molar-refractivity contribution in [3.05, 3.63) is 60.0 Å². The summed E-state index contributed by atoms with van der Waals surface area (Å²) in [7, 11) is 0. The van der Waals surface area contributed by atoms with Crippen LogP contribution in [0.4, 0.5) is 14.9 Å². The molecule has 0 spiro atoms. The molecular formula is C20H22FN5O. The maximum atomic E-state index is 13.3. The van der Waals surface area contributed by atoms with Crippen LogP contribution in [-0.2, 0) is 0 Å². The second-order valence-electron chi connectivity index (χ2n) is 6.79. The van der Waals surface area contributed by atoms with E-state index in [0.717, 1.165) is 42.4 Å². The predicted molar refractivity (Wildman–Crippen MR) is 103 cm³/mol. The quantitative estimate of drug-likeness (QED) is 0.644. The Morgan fingerprint density at radius 3 is 2.74 bits per heavy atom. The summed E-state index contributed by atoms with van der Waals surface area (Å²) in [5, 5.41) is 13.7. The molecule has 1 fully saturated rings. The number of carbonyl (C=O) groups excluding carboxylic acids is 1. The zero-order chi connectivity index (χ0) is 18.6. The fraction of sp³-hybridized carbons (Fsp3) is 0.300. The number of nitrogens with one attached hydrogen (secondary N) is 3. The number of H-pyrrole nitrogens is 1.